The van der Waals surface area contributed by atoms with Crippen molar-refractivity contribution < 1.29 is 39.9 Å². The molecule has 1 amide bonds. The number of hydrogen-bond acceptors (Lipinski definition) is 6. The van der Waals surface area contributed by atoms with E-state index in [1.807, 2.05) is 5.01 Å². The van der Waals surface area contributed by atoms with E-state index in [2.05, 4.69) is 0 Å². The molecule has 2 atom stereocenters. The molecular weight excluding hydrogens is 509 g/mol. The number of alkyl halides is 4. The van der Waals surface area contributed by atoms with Gasteiger partial charge in [0, 0.05) is 32.2 Å². The highest BCUT2D eigenvalue weighted by molar-refractivity contribution is 7.89. The fourth-order valence-corrected chi connectivity index (χ4v) is 5.35. The number of rotatable bonds is 7. The zero-order valence-electron chi connectivity index (χ0n) is 19.9. The zero-order valence-corrected chi connectivity index (χ0v) is 20.7. The second-order valence-electron chi connectivity index (χ2n) is 9.92. The zero-order chi connectivity index (χ0) is 26.3. The Hall–Kier alpha value is -1.99. The fraction of sp³-hybridized carbons (Fsp3) is 0.696. The monoisotopic (exact) mass is 539 g/mol. The molecule has 1 aliphatic carbocycles. The van der Waals surface area contributed by atoms with Gasteiger partial charge >= 0.3 is 6.18 Å². The number of hydrazine groups is 1. The van der Waals surface area contributed by atoms with Crippen molar-refractivity contribution in [1.82, 2.24) is 14.7 Å². The molecule has 0 radical (unpaired) electrons. The normalized spacial score (nSPS) is 25.1. The van der Waals surface area contributed by atoms with Gasteiger partial charge in [0.25, 0.3) is 5.91 Å². The van der Waals surface area contributed by atoms with Crippen molar-refractivity contribution in [2.75, 3.05) is 39.0 Å². The van der Waals surface area contributed by atoms with Crippen LogP contribution in [-0.4, -0.2) is 75.7 Å². The van der Waals surface area contributed by atoms with E-state index in [9.17, 15) is 35.2 Å². The fourth-order valence-electron chi connectivity index (χ4n) is 4.90. The summed E-state index contributed by atoms with van der Waals surface area (Å²) >= 11 is 0. The quantitative estimate of drug-likeness (QED) is 0.534. The summed E-state index contributed by atoms with van der Waals surface area (Å²) in [6.07, 6.45) is -2.83. The number of amides is 1. The van der Waals surface area contributed by atoms with Gasteiger partial charge in [-0.15, -0.1) is 0 Å². The van der Waals surface area contributed by atoms with Gasteiger partial charge in [-0.2, -0.15) is 13.2 Å². The molecule has 1 aromatic carbocycles. The van der Waals surface area contributed by atoms with Crippen molar-refractivity contribution in [3.05, 3.63) is 29.1 Å². The molecule has 7 nitrogen and oxygen atoms in total. The molecule has 0 aromatic heterocycles. The van der Waals surface area contributed by atoms with Crippen molar-refractivity contribution in [1.29, 1.82) is 0 Å². The van der Waals surface area contributed by atoms with Crippen LogP contribution in [0.4, 0.5) is 22.0 Å². The van der Waals surface area contributed by atoms with E-state index in [0.29, 0.717) is 43.9 Å². The number of nitrogens with one attached hydrogen (secondary N) is 1. The largest absolute Gasteiger partial charge is 0.493 e. The Labute approximate surface area is 207 Å². The first-order chi connectivity index (χ1) is 16.8. The summed E-state index contributed by atoms with van der Waals surface area (Å²) in [5, 5.41) is 3.57. The Morgan fingerprint density at radius 2 is 1.72 bits per heavy atom. The number of carbonyl (C=O) groups is 1. The predicted molar refractivity (Wildman–Crippen MR) is 121 cm³/mol. The van der Waals surface area contributed by atoms with E-state index in [1.165, 1.54) is 6.07 Å². The number of nitrogens with zero attached hydrogens (tertiary/aromatic N) is 2. The van der Waals surface area contributed by atoms with Gasteiger partial charge in [0.1, 0.15) is 17.7 Å². The van der Waals surface area contributed by atoms with Crippen LogP contribution in [0.5, 0.6) is 5.75 Å². The van der Waals surface area contributed by atoms with Crippen LogP contribution in [0, 0.1) is 17.7 Å². The third-order valence-corrected chi connectivity index (χ3v) is 7.60. The second-order valence-corrected chi connectivity index (χ2v) is 11.7. The van der Waals surface area contributed by atoms with Crippen LogP contribution in [0.3, 0.4) is 0 Å². The van der Waals surface area contributed by atoms with E-state index in [0.717, 1.165) is 25.2 Å². The Kier molecular flexibility index (Phi) is 7.82. The molecule has 1 N–H and O–H groups in total. The van der Waals surface area contributed by atoms with Crippen LogP contribution in [0.15, 0.2) is 12.1 Å². The molecule has 0 bridgehead atoms. The van der Waals surface area contributed by atoms with E-state index >= 15 is 0 Å². The molecule has 2 heterocycles. The van der Waals surface area contributed by atoms with Gasteiger partial charge < -0.3 is 4.74 Å². The van der Waals surface area contributed by atoms with E-state index in [4.69, 9.17) is 4.74 Å². The molecule has 4 rings (SSSR count). The van der Waals surface area contributed by atoms with Crippen LogP contribution in [0.2, 0.25) is 0 Å². The molecule has 1 saturated carbocycles. The van der Waals surface area contributed by atoms with Crippen LogP contribution in [-0.2, 0) is 10.0 Å². The average Bonchev–Trinajstić information content (AvgIpc) is 3.61. The minimum atomic E-state index is -4.52. The van der Waals surface area contributed by atoms with E-state index in [-0.39, 0.29) is 36.9 Å². The second kappa shape index (κ2) is 10.4. The molecule has 1 aromatic rings. The first-order valence-corrected chi connectivity index (χ1v) is 13.9. The summed E-state index contributed by atoms with van der Waals surface area (Å²) in [5.41, 5.74) is 0.303. The predicted octanol–water partition coefficient (Wildman–Crippen LogP) is 3.62. The topological polar surface area (TPSA) is 78.9 Å². The smallest absolute Gasteiger partial charge is 0.394 e. The third kappa shape index (κ3) is 6.65. The summed E-state index contributed by atoms with van der Waals surface area (Å²) in [6, 6.07) is 2.47. The van der Waals surface area contributed by atoms with Gasteiger partial charge in [-0.25, -0.2) is 31.9 Å². The minimum absolute atomic E-state index is 0.112. The molecule has 13 heteroatoms. The SMILES string of the molecule is CS(=O)(=O)NC(=O)c1cc(C2CC2)c(OCC2CCN(N3CCC(C(F)(F)F)C(F)C3)CC2)cc1F. The van der Waals surface area contributed by atoms with Crippen molar-refractivity contribution in [2.24, 2.45) is 11.8 Å². The summed E-state index contributed by atoms with van der Waals surface area (Å²) in [7, 11) is -3.84. The molecule has 2 aliphatic heterocycles. The van der Waals surface area contributed by atoms with Gasteiger partial charge in [0.15, 0.2) is 0 Å². The van der Waals surface area contributed by atoms with Crippen molar-refractivity contribution in [2.45, 2.75) is 50.4 Å². The van der Waals surface area contributed by atoms with Gasteiger partial charge in [0.05, 0.1) is 24.3 Å². The molecule has 3 aliphatic rings. The maximum Gasteiger partial charge on any atom is 0.394 e. The lowest BCUT2D eigenvalue weighted by molar-refractivity contribution is -0.215. The molecule has 0 spiro atoms. The maximum atomic E-state index is 14.6. The number of halogens is 5. The summed E-state index contributed by atoms with van der Waals surface area (Å²) in [5.74, 6) is -3.27. The lowest BCUT2D eigenvalue weighted by Gasteiger charge is -2.44. The standard InChI is InChI=1S/C23H30F5N3O4S/c1-36(33,34)29-22(32)17-10-16(15-2-3-15)21(11-19(17)24)35-13-14-4-7-30(8-5-14)31-9-6-18(20(25)12-31)23(26,27)28/h10-11,14-15,18,20H,2-9,12-13H2,1H3,(H,29,32). The third-order valence-electron chi connectivity index (χ3n) is 7.05. The molecule has 202 valence electrons. The number of sulfonamides is 1. The Balaban J connectivity index is 1.32. The van der Waals surface area contributed by atoms with Gasteiger partial charge in [-0.3, -0.25) is 4.79 Å². The molecular formula is C23H30F5N3O4S. The van der Waals surface area contributed by atoms with Crippen molar-refractivity contribution in [3.8, 4) is 5.75 Å². The molecule has 2 saturated heterocycles. The Bertz CT molecular complexity index is 1070. The number of benzene rings is 1. The summed E-state index contributed by atoms with van der Waals surface area (Å²) in [6.45, 7) is 1.31. The van der Waals surface area contributed by atoms with E-state index < -0.39 is 40.0 Å². The molecule has 2 unspecified atom stereocenters. The highest BCUT2D eigenvalue weighted by atomic mass is 32.2. The summed E-state index contributed by atoms with van der Waals surface area (Å²) < 4.78 is 97.9. The van der Waals surface area contributed by atoms with Gasteiger partial charge in [0.2, 0.25) is 10.0 Å². The Morgan fingerprint density at radius 3 is 2.28 bits per heavy atom. The lowest BCUT2D eigenvalue weighted by atomic mass is 9.94. The summed E-state index contributed by atoms with van der Waals surface area (Å²) in [4.78, 5) is 12.2. The number of ether oxygens (including phenoxy) is 1. The number of piperidine rings is 2. The highest BCUT2D eigenvalue weighted by Crippen LogP contribution is 2.45. The highest BCUT2D eigenvalue weighted by Gasteiger charge is 2.48. The number of carbonyl (C=O) groups excluding carboxylic acids is 1. The van der Waals surface area contributed by atoms with Crippen LogP contribution in [0.1, 0.15) is 53.9 Å². The average molecular weight is 540 g/mol. The minimum Gasteiger partial charge on any atom is -0.493 e. The molecule has 3 fully saturated rings. The van der Waals surface area contributed by atoms with Crippen molar-refractivity contribution >= 4 is 15.9 Å². The van der Waals surface area contributed by atoms with Crippen LogP contribution >= 0.6 is 0 Å². The van der Waals surface area contributed by atoms with Gasteiger partial charge in [-0.05, 0) is 55.6 Å². The first kappa shape index (κ1) is 27.1. The molecule has 36 heavy (non-hydrogen) atoms. The van der Waals surface area contributed by atoms with Crippen LogP contribution < -0.4 is 9.46 Å². The van der Waals surface area contributed by atoms with Crippen LogP contribution in [0.25, 0.3) is 0 Å². The van der Waals surface area contributed by atoms with Crippen molar-refractivity contribution in [3.63, 3.8) is 0 Å². The lowest BCUT2D eigenvalue weighted by Crippen LogP contribution is -2.55. The Morgan fingerprint density at radius 1 is 1.08 bits per heavy atom. The number of hydrogen-bond donors (Lipinski definition) is 1. The first-order valence-electron chi connectivity index (χ1n) is 12.0. The van der Waals surface area contributed by atoms with E-state index in [1.54, 1.807) is 9.73 Å². The van der Waals surface area contributed by atoms with Gasteiger partial charge in [-0.1, -0.05) is 0 Å². The maximum absolute atomic E-state index is 14.6.